The van der Waals surface area contributed by atoms with Gasteiger partial charge >= 0.3 is 0 Å². The van der Waals surface area contributed by atoms with Gasteiger partial charge in [0.25, 0.3) is 0 Å². The minimum atomic E-state index is 0.636. The predicted molar refractivity (Wildman–Crippen MR) is 171 cm³/mol. The Kier molecular flexibility index (Phi) is 4.83. The molecule has 4 aromatic heterocycles. The van der Waals surface area contributed by atoms with Crippen molar-refractivity contribution in [3.05, 3.63) is 140 Å². The third-order valence-electron chi connectivity index (χ3n) is 8.21. The Morgan fingerprint density at radius 1 is 0.452 bits per heavy atom. The largest absolute Gasteiger partial charge is 0.307 e. The molecule has 0 atom stereocenters. The van der Waals surface area contributed by atoms with Crippen molar-refractivity contribution in [1.29, 1.82) is 0 Å². The van der Waals surface area contributed by atoms with Gasteiger partial charge in [0, 0.05) is 50.6 Å². The SMILES string of the molecule is c1ccc(-c2ccnc(-n3c4ccccc4c4c5cccnc5c5c6ccccc6n(-c6ccccc6)c5c43)n2)cc1. The van der Waals surface area contributed by atoms with Crippen LogP contribution in [0.1, 0.15) is 0 Å². The lowest BCUT2D eigenvalue weighted by Crippen LogP contribution is -2.03. The van der Waals surface area contributed by atoms with Gasteiger partial charge in [0.15, 0.2) is 0 Å². The molecule has 5 heteroatoms. The fourth-order valence-electron chi connectivity index (χ4n) is 6.53. The Balaban J connectivity index is 1.57. The molecule has 0 bridgehead atoms. The van der Waals surface area contributed by atoms with Crippen molar-refractivity contribution in [2.45, 2.75) is 0 Å². The number of rotatable bonds is 3. The second-order valence-electron chi connectivity index (χ2n) is 10.5. The lowest BCUT2D eigenvalue weighted by molar-refractivity contribution is 0.991. The first-order valence-electron chi connectivity index (χ1n) is 14.1. The molecule has 0 aliphatic rings. The fraction of sp³-hybridized carbons (Fsp3) is 0. The van der Waals surface area contributed by atoms with Gasteiger partial charge < -0.3 is 4.57 Å². The van der Waals surface area contributed by atoms with Crippen molar-refractivity contribution in [2.75, 3.05) is 0 Å². The maximum atomic E-state index is 5.16. The summed E-state index contributed by atoms with van der Waals surface area (Å²) in [6.07, 6.45) is 3.76. The van der Waals surface area contributed by atoms with Gasteiger partial charge in [-0.15, -0.1) is 0 Å². The van der Waals surface area contributed by atoms with Crippen LogP contribution >= 0.6 is 0 Å². The lowest BCUT2D eigenvalue weighted by Gasteiger charge is -2.13. The van der Waals surface area contributed by atoms with Crippen LogP contribution in [0.5, 0.6) is 0 Å². The molecular formula is C37H23N5. The third-order valence-corrected chi connectivity index (χ3v) is 8.21. The van der Waals surface area contributed by atoms with Crippen molar-refractivity contribution >= 4 is 54.5 Å². The molecule has 42 heavy (non-hydrogen) atoms. The Morgan fingerprint density at radius 2 is 1.07 bits per heavy atom. The summed E-state index contributed by atoms with van der Waals surface area (Å²) in [5, 5.41) is 5.70. The van der Waals surface area contributed by atoms with Crippen LogP contribution in [-0.2, 0) is 0 Å². The molecule has 5 nitrogen and oxygen atoms in total. The zero-order chi connectivity index (χ0) is 27.6. The van der Waals surface area contributed by atoms with E-state index in [2.05, 4.69) is 106 Å². The van der Waals surface area contributed by atoms with E-state index in [4.69, 9.17) is 15.0 Å². The van der Waals surface area contributed by atoms with Crippen LogP contribution in [0.15, 0.2) is 140 Å². The quantitative estimate of drug-likeness (QED) is 0.226. The molecule has 0 aliphatic carbocycles. The molecule has 0 radical (unpaired) electrons. The summed E-state index contributed by atoms with van der Waals surface area (Å²) in [5.74, 6) is 0.636. The number of fused-ring (bicyclic) bond motifs is 10. The summed E-state index contributed by atoms with van der Waals surface area (Å²) in [6.45, 7) is 0. The highest BCUT2D eigenvalue weighted by molar-refractivity contribution is 6.35. The van der Waals surface area contributed by atoms with E-state index in [1.807, 2.05) is 42.7 Å². The van der Waals surface area contributed by atoms with Crippen LogP contribution < -0.4 is 0 Å². The topological polar surface area (TPSA) is 48.5 Å². The molecule has 0 aliphatic heterocycles. The average Bonchev–Trinajstić information content (AvgIpc) is 3.60. The zero-order valence-corrected chi connectivity index (χ0v) is 22.5. The number of hydrogen-bond acceptors (Lipinski definition) is 3. The fourth-order valence-corrected chi connectivity index (χ4v) is 6.53. The Bertz CT molecular complexity index is 2450. The number of nitrogens with zero attached hydrogens (tertiary/aromatic N) is 5. The summed E-state index contributed by atoms with van der Waals surface area (Å²) in [4.78, 5) is 15.0. The van der Waals surface area contributed by atoms with Crippen LogP contribution in [0.4, 0.5) is 0 Å². The van der Waals surface area contributed by atoms with E-state index in [0.29, 0.717) is 5.95 Å². The highest BCUT2D eigenvalue weighted by Crippen LogP contribution is 2.45. The van der Waals surface area contributed by atoms with Crippen molar-refractivity contribution in [1.82, 2.24) is 24.1 Å². The summed E-state index contributed by atoms with van der Waals surface area (Å²) < 4.78 is 4.61. The Morgan fingerprint density at radius 3 is 1.86 bits per heavy atom. The van der Waals surface area contributed by atoms with Crippen LogP contribution in [-0.4, -0.2) is 24.1 Å². The molecule has 0 unspecified atom stereocenters. The third kappa shape index (κ3) is 3.16. The van der Waals surface area contributed by atoms with Crippen molar-refractivity contribution in [2.24, 2.45) is 0 Å². The second-order valence-corrected chi connectivity index (χ2v) is 10.5. The summed E-state index contributed by atoms with van der Waals surface area (Å²) >= 11 is 0. The molecular weight excluding hydrogens is 514 g/mol. The summed E-state index contributed by atoms with van der Waals surface area (Å²) in [7, 11) is 0. The smallest absolute Gasteiger partial charge is 0.235 e. The summed E-state index contributed by atoms with van der Waals surface area (Å²) in [6, 6.07) is 44.2. The number of para-hydroxylation sites is 3. The Hall–Kier alpha value is -5.81. The summed E-state index contributed by atoms with van der Waals surface area (Å²) in [5.41, 5.74) is 8.37. The van der Waals surface area contributed by atoms with Gasteiger partial charge in [0.2, 0.25) is 5.95 Å². The number of aromatic nitrogens is 5. The number of pyridine rings is 1. The van der Waals surface area contributed by atoms with Gasteiger partial charge in [-0.05, 0) is 36.4 Å². The van der Waals surface area contributed by atoms with Gasteiger partial charge in [0.1, 0.15) is 0 Å². The van der Waals surface area contributed by atoms with Crippen molar-refractivity contribution in [3.63, 3.8) is 0 Å². The van der Waals surface area contributed by atoms with E-state index in [0.717, 1.165) is 71.5 Å². The Labute approximate surface area is 241 Å². The first kappa shape index (κ1) is 22.9. The van der Waals surface area contributed by atoms with Gasteiger partial charge in [-0.1, -0.05) is 91.0 Å². The first-order chi connectivity index (χ1) is 20.9. The van der Waals surface area contributed by atoms with Gasteiger partial charge in [0.05, 0.1) is 33.3 Å². The second kappa shape index (κ2) is 8.85. The van der Waals surface area contributed by atoms with Crippen LogP contribution in [0, 0.1) is 0 Å². The minimum Gasteiger partial charge on any atom is -0.307 e. The molecule has 4 heterocycles. The van der Waals surface area contributed by atoms with E-state index >= 15 is 0 Å². The van der Waals surface area contributed by atoms with E-state index < -0.39 is 0 Å². The molecule has 9 rings (SSSR count). The monoisotopic (exact) mass is 537 g/mol. The highest BCUT2D eigenvalue weighted by Gasteiger charge is 2.25. The van der Waals surface area contributed by atoms with Crippen LogP contribution in [0.2, 0.25) is 0 Å². The molecule has 5 aromatic carbocycles. The molecule has 0 saturated heterocycles. The zero-order valence-electron chi connectivity index (χ0n) is 22.5. The molecule has 9 aromatic rings. The standard InChI is InChI=1S/C37H23N5/c1-3-12-24(13-4-1)29-21-23-39-37(40-29)42-31-20-10-7-16-26(31)32-28-18-11-22-38-34(28)33-27-17-8-9-19-30(27)41(36(33)35(32)42)25-14-5-2-6-15-25/h1-23H. The van der Waals surface area contributed by atoms with Crippen molar-refractivity contribution < 1.29 is 0 Å². The lowest BCUT2D eigenvalue weighted by atomic mass is 10.0. The molecule has 196 valence electrons. The maximum Gasteiger partial charge on any atom is 0.235 e. The average molecular weight is 538 g/mol. The molecule has 0 fully saturated rings. The molecule has 0 N–H and O–H groups in total. The van der Waals surface area contributed by atoms with Gasteiger partial charge in [-0.2, -0.15) is 0 Å². The van der Waals surface area contributed by atoms with Gasteiger partial charge in [-0.25, -0.2) is 9.97 Å². The number of benzene rings is 5. The molecule has 0 spiro atoms. The van der Waals surface area contributed by atoms with Crippen LogP contribution in [0.3, 0.4) is 0 Å². The molecule has 0 amide bonds. The maximum absolute atomic E-state index is 5.16. The van der Waals surface area contributed by atoms with Gasteiger partial charge in [-0.3, -0.25) is 9.55 Å². The molecule has 0 saturated carbocycles. The number of hydrogen-bond donors (Lipinski definition) is 0. The minimum absolute atomic E-state index is 0.636. The highest BCUT2D eigenvalue weighted by atomic mass is 15.2. The van der Waals surface area contributed by atoms with E-state index in [1.165, 1.54) is 0 Å². The normalized spacial score (nSPS) is 11.8. The van der Waals surface area contributed by atoms with E-state index in [9.17, 15) is 0 Å². The van der Waals surface area contributed by atoms with Crippen molar-refractivity contribution in [3.8, 4) is 22.9 Å². The first-order valence-corrected chi connectivity index (χ1v) is 14.1. The van der Waals surface area contributed by atoms with E-state index in [-0.39, 0.29) is 0 Å². The predicted octanol–water partition coefficient (Wildman–Crippen LogP) is 8.89. The van der Waals surface area contributed by atoms with E-state index in [1.54, 1.807) is 0 Å². The van der Waals surface area contributed by atoms with Crippen LogP contribution in [0.25, 0.3) is 77.4 Å².